The number of carbonyl (C=O) groups is 1. The largest absolute Gasteiger partial charge is 0.425 e. The highest BCUT2D eigenvalue weighted by Gasteiger charge is 2.32. The average Bonchev–Trinajstić information content (AvgIpc) is 2.55. The Bertz CT molecular complexity index is 783. The summed E-state index contributed by atoms with van der Waals surface area (Å²) in [5.74, 6) is 0.415. The highest BCUT2D eigenvalue weighted by Crippen LogP contribution is 2.41. The number of ether oxygens (including phenoxy) is 1. The summed E-state index contributed by atoms with van der Waals surface area (Å²) in [6, 6.07) is 14.3. The molecule has 0 heterocycles. The molecule has 0 spiro atoms. The lowest BCUT2D eigenvalue weighted by atomic mass is 9.78. The van der Waals surface area contributed by atoms with Crippen LogP contribution < -0.4 is 4.74 Å². The van der Waals surface area contributed by atoms with Crippen LogP contribution in [0, 0.1) is 12.8 Å². The molecule has 2 rings (SSSR count). The minimum Gasteiger partial charge on any atom is -0.425 e. The Morgan fingerprint density at radius 3 is 1.71 bits per heavy atom. The molecule has 0 amide bonds. The van der Waals surface area contributed by atoms with Crippen LogP contribution in [0.5, 0.6) is 5.75 Å². The van der Waals surface area contributed by atoms with E-state index in [4.69, 9.17) is 4.74 Å². The minimum atomic E-state index is -0.289. The number of esters is 1. The number of hydrogen-bond donors (Lipinski definition) is 0. The number of hydrogen-bond acceptors (Lipinski definition) is 2. The molecular weight excluding hydrogens is 344 g/mol. The van der Waals surface area contributed by atoms with E-state index < -0.39 is 0 Å². The zero-order valence-corrected chi connectivity index (χ0v) is 19.0. The van der Waals surface area contributed by atoms with Gasteiger partial charge in [0.05, 0.1) is 5.92 Å². The van der Waals surface area contributed by atoms with Gasteiger partial charge in [-0.05, 0) is 29.2 Å². The normalized spacial score (nSPS) is 13.5. The molecule has 0 fully saturated rings. The molecule has 28 heavy (non-hydrogen) atoms. The molecule has 2 aromatic carbocycles. The third-order valence-corrected chi connectivity index (χ3v) is 5.13. The lowest BCUT2D eigenvalue weighted by molar-refractivity contribution is -0.137. The van der Waals surface area contributed by atoms with Gasteiger partial charge in [-0.3, -0.25) is 4.79 Å². The molecule has 0 radical (unpaired) electrons. The van der Waals surface area contributed by atoms with E-state index in [0.717, 1.165) is 22.4 Å². The van der Waals surface area contributed by atoms with Crippen LogP contribution in [0.3, 0.4) is 0 Å². The van der Waals surface area contributed by atoms with Crippen molar-refractivity contribution in [1.82, 2.24) is 0 Å². The molecule has 1 atom stereocenters. The van der Waals surface area contributed by atoms with Crippen molar-refractivity contribution < 1.29 is 9.53 Å². The van der Waals surface area contributed by atoms with Crippen LogP contribution in [-0.2, 0) is 15.6 Å². The second-order valence-electron chi connectivity index (χ2n) is 10.2. The van der Waals surface area contributed by atoms with Crippen LogP contribution in [0.2, 0.25) is 0 Å². The van der Waals surface area contributed by atoms with Gasteiger partial charge in [-0.2, -0.15) is 0 Å². The van der Waals surface area contributed by atoms with Crippen LogP contribution in [0.25, 0.3) is 0 Å². The Morgan fingerprint density at radius 1 is 0.857 bits per heavy atom. The SMILES string of the molecule is Cc1cc(C(C)(C)C)c(OC(=O)[C@H](c2ccccc2)C(C)C)c(C(C)(C)C)c1. The highest BCUT2D eigenvalue weighted by molar-refractivity contribution is 5.81. The van der Waals surface area contributed by atoms with Gasteiger partial charge in [0.1, 0.15) is 5.75 Å². The predicted molar refractivity (Wildman–Crippen MR) is 118 cm³/mol. The predicted octanol–water partition coefficient (Wildman–Crippen LogP) is 6.94. The van der Waals surface area contributed by atoms with Gasteiger partial charge in [0.2, 0.25) is 0 Å². The monoisotopic (exact) mass is 380 g/mol. The Kier molecular flexibility index (Phi) is 6.43. The van der Waals surface area contributed by atoms with E-state index in [1.165, 1.54) is 5.56 Å². The third kappa shape index (κ3) is 5.04. The molecule has 0 saturated carbocycles. The van der Waals surface area contributed by atoms with Crippen LogP contribution in [-0.4, -0.2) is 5.97 Å². The summed E-state index contributed by atoms with van der Waals surface area (Å²) < 4.78 is 6.22. The molecule has 0 saturated heterocycles. The molecule has 152 valence electrons. The third-order valence-electron chi connectivity index (χ3n) is 5.13. The van der Waals surface area contributed by atoms with Crippen LogP contribution in [0.1, 0.15) is 83.6 Å². The topological polar surface area (TPSA) is 26.3 Å². The maximum absolute atomic E-state index is 13.4. The summed E-state index contributed by atoms with van der Waals surface area (Å²) >= 11 is 0. The molecule has 2 heteroatoms. The summed E-state index contributed by atoms with van der Waals surface area (Å²) in [7, 11) is 0. The van der Waals surface area contributed by atoms with Crippen molar-refractivity contribution in [3.63, 3.8) is 0 Å². The zero-order valence-electron chi connectivity index (χ0n) is 19.0. The van der Waals surface area contributed by atoms with E-state index in [2.05, 4.69) is 74.4 Å². The van der Waals surface area contributed by atoms with Crippen molar-refractivity contribution in [3.05, 3.63) is 64.7 Å². The van der Waals surface area contributed by atoms with Crippen LogP contribution in [0.15, 0.2) is 42.5 Å². The Morgan fingerprint density at radius 2 is 1.32 bits per heavy atom. The fourth-order valence-corrected chi connectivity index (χ4v) is 3.61. The van der Waals surface area contributed by atoms with Gasteiger partial charge in [-0.15, -0.1) is 0 Å². The lowest BCUT2D eigenvalue weighted by Gasteiger charge is -2.31. The minimum absolute atomic E-state index is 0.123. The van der Waals surface area contributed by atoms with Gasteiger partial charge >= 0.3 is 5.97 Å². The molecule has 0 bridgehead atoms. The zero-order chi connectivity index (χ0) is 21.3. The molecule has 0 aliphatic heterocycles. The van der Waals surface area contributed by atoms with Crippen LogP contribution >= 0.6 is 0 Å². The first kappa shape index (κ1) is 22.2. The lowest BCUT2D eigenvalue weighted by Crippen LogP contribution is -2.27. The second kappa shape index (κ2) is 8.11. The number of carbonyl (C=O) groups excluding carboxylic acids is 1. The van der Waals surface area contributed by atoms with Gasteiger partial charge in [0.25, 0.3) is 0 Å². The molecule has 2 aromatic rings. The fourth-order valence-electron chi connectivity index (χ4n) is 3.61. The first-order valence-corrected chi connectivity index (χ1v) is 10.2. The summed E-state index contributed by atoms with van der Waals surface area (Å²) in [6.07, 6.45) is 0. The number of benzene rings is 2. The smallest absolute Gasteiger partial charge is 0.319 e. The van der Waals surface area contributed by atoms with E-state index in [0.29, 0.717) is 0 Å². The maximum atomic E-state index is 13.4. The standard InChI is InChI=1S/C26H36O2/c1-17(2)22(19-13-11-10-12-14-19)24(27)28-23-20(25(4,5)6)15-18(3)16-21(23)26(7,8)9/h10-17,22H,1-9H3/t22-/m0/s1. The average molecular weight is 381 g/mol. The summed E-state index contributed by atoms with van der Waals surface area (Å²) in [4.78, 5) is 13.4. The molecule has 0 aromatic heterocycles. The van der Waals surface area contributed by atoms with Crippen molar-refractivity contribution in [2.45, 2.75) is 79.1 Å². The van der Waals surface area contributed by atoms with E-state index in [9.17, 15) is 4.79 Å². The Balaban J connectivity index is 2.59. The fraction of sp³-hybridized carbons (Fsp3) is 0.500. The maximum Gasteiger partial charge on any atom is 0.319 e. The van der Waals surface area contributed by atoms with E-state index >= 15 is 0 Å². The first-order chi connectivity index (χ1) is 12.8. The van der Waals surface area contributed by atoms with Crippen LogP contribution in [0.4, 0.5) is 0 Å². The van der Waals surface area contributed by atoms with Gasteiger partial charge in [-0.1, -0.05) is 103 Å². The number of aryl methyl sites for hydroxylation is 1. The van der Waals surface area contributed by atoms with Crippen molar-refractivity contribution in [2.75, 3.05) is 0 Å². The summed E-state index contributed by atoms with van der Waals surface area (Å²) in [5.41, 5.74) is 4.12. The van der Waals surface area contributed by atoms with Gasteiger partial charge < -0.3 is 4.74 Å². The number of rotatable bonds is 4. The highest BCUT2D eigenvalue weighted by atomic mass is 16.5. The van der Waals surface area contributed by atoms with E-state index in [-0.39, 0.29) is 28.6 Å². The molecule has 0 N–H and O–H groups in total. The molecule has 2 nitrogen and oxygen atoms in total. The van der Waals surface area contributed by atoms with E-state index in [1.54, 1.807) is 0 Å². The van der Waals surface area contributed by atoms with Crippen molar-refractivity contribution >= 4 is 5.97 Å². The molecule has 0 aliphatic carbocycles. The quantitative estimate of drug-likeness (QED) is 0.424. The second-order valence-corrected chi connectivity index (χ2v) is 10.2. The molecule has 0 unspecified atom stereocenters. The van der Waals surface area contributed by atoms with Crippen molar-refractivity contribution in [3.8, 4) is 5.75 Å². The van der Waals surface area contributed by atoms with Crippen molar-refractivity contribution in [2.24, 2.45) is 5.92 Å². The Labute approximate surface area is 171 Å². The van der Waals surface area contributed by atoms with E-state index in [1.807, 2.05) is 30.3 Å². The molecule has 0 aliphatic rings. The summed E-state index contributed by atoms with van der Waals surface area (Å²) in [5, 5.41) is 0. The Hall–Kier alpha value is -2.09. The van der Waals surface area contributed by atoms with Crippen molar-refractivity contribution in [1.29, 1.82) is 0 Å². The van der Waals surface area contributed by atoms with Gasteiger partial charge in [0.15, 0.2) is 0 Å². The van der Waals surface area contributed by atoms with Gasteiger partial charge in [-0.25, -0.2) is 0 Å². The van der Waals surface area contributed by atoms with Gasteiger partial charge in [0, 0.05) is 11.1 Å². The molecular formula is C26H36O2. The first-order valence-electron chi connectivity index (χ1n) is 10.2. The summed E-state index contributed by atoms with van der Waals surface area (Å²) in [6.45, 7) is 19.3.